The molecule has 0 bridgehead atoms. The van der Waals surface area contributed by atoms with Crippen molar-refractivity contribution >= 4 is 28.8 Å². The van der Waals surface area contributed by atoms with Crippen LogP contribution in [0.1, 0.15) is 33.1 Å². The summed E-state index contributed by atoms with van der Waals surface area (Å²) < 4.78 is 2.02. The van der Waals surface area contributed by atoms with Crippen LogP contribution >= 0.6 is 0 Å². The summed E-state index contributed by atoms with van der Waals surface area (Å²) in [5.74, 6) is 0.503. The maximum Gasteiger partial charge on any atom is 0.249 e. The second-order valence-corrected chi connectivity index (χ2v) is 6.23. The standard InChI is InChI=1S/C17H22N4O2/c1-3-8-21-14-7-5-4-6-12(14)19-17(21)20-16(23)13-9-11(2)10-15(22)18-13/h4-7,11,13H,3,8-10H2,1-2H3,(H,18,22)(H,19,20,23)/t11-,13-/m0/s1. The van der Waals surface area contributed by atoms with Gasteiger partial charge in [0.1, 0.15) is 6.04 Å². The van der Waals surface area contributed by atoms with Gasteiger partial charge in [-0.25, -0.2) is 4.98 Å². The lowest BCUT2D eigenvalue weighted by Crippen LogP contribution is -2.48. The van der Waals surface area contributed by atoms with Gasteiger partial charge < -0.3 is 9.88 Å². The van der Waals surface area contributed by atoms with Crippen molar-refractivity contribution in [1.29, 1.82) is 0 Å². The van der Waals surface area contributed by atoms with Crippen LogP contribution < -0.4 is 10.6 Å². The van der Waals surface area contributed by atoms with E-state index in [1.54, 1.807) is 0 Å². The maximum absolute atomic E-state index is 12.5. The fraction of sp³-hybridized carbons (Fsp3) is 0.471. The van der Waals surface area contributed by atoms with Crippen LogP contribution in [0.3, 0.4) is 0 Å². The number of fused-ring (bicyclic) bond motifs is 1. The third-order valence-corrected chi connectivity index (χ3v) is 4.16. The largest absolute Gasteiger partial charge is 0.344 e. The molecule has 0 radical (unpaired) electrons. The number of carbonyl (C=O) groups excluding carboxylic acids is 2. The Kier molecular flexibility index (Phi) is 4.32. The van der Waals surface area contributed by atoms with Gasteiger partial charge in [0, 0.05) is 13.0 Å². The van der Waals surface area contributed by atoms with Gasteiger partial charge in [0.05, 0.1) is 11.0 Å². The van der Waals surface area contributed by atoms with Crippen LogP contribution in [0.5, 0.6) is 0 Å². The molecular formula is C17H22N4O2. The van der Waals surface area contributed by atoms with Gasteiger partial charge >= 0.3 is 0 Å². The van der Waals surface area contributed by atoms with Crippen LogP contribution in [0.25, 0.3) is 11.0 Å². The van der Waals surface area contributed by atoms with E-state index >= 15 is 0 Å². The molecule has 2 amide bonds. The van der Waals surface area contributed by atoms with Crippen LogP contribution in [0.2, 0.25) is 0 Å². The molecule has 1 aliphatic rings. The predicted octanol–water partition coefficient (Wildman–Crippen LogP) is 2.30. The van der Waals surface area contributed by atoms with Crippen molar-refractivity contribution in [3.63, 3.8) is 0 Å². The molecule has 6 heteroatoms. The number of aryl methyl sites for hydroxylation is 1. The first-order valence-corrected chi connectivity index (χ1v) is 8.14. The van der Waals surface area contributed by atoms with E-state index in [1.165, 1.54) is 0 Å². The van der Waals surface area contributed by atoms with E-state index in [4.69, 9.17) is 0 Å². The zero-order valence-electron chi connectivity index (χ0n) is 13.5. The Morgan fingerprint density at radius 1 is 1.43 bits per heavy atom. The first kappa shape index (κ1) is 15.5. The Balaban J connectivity index is 1.84. The number of benzene rings is 1. The summed E-state index contributed by atoms with van der Waals surface area (Å²) in [4.78, 5) is 28.7. The molecule has 1 aromatic carbocycles. The number of carbonyl (C=O) groups is 2. The van der Waals surface area contributed by atoms with E-state index in [9.17, 15) is 9.59 Å². The molecule has 0 aliphatic carbocycles. The summed E-state index contributed by atoms with van der Waals surface area (Å²) in [6.45, 7) is 4.86. The van der Waals surface area contributed by atoms with E-state index in [1.807, 2.05) is 35.8 Å². The maximum atomic E-state index is 12.5. The molecular weight excluding hydrogens is 292 g/mol. The minimum absolute atomic E-state index is 0.0639. The highest BCUT2D eigenvalue weighted by molar-refractivity contribution is 5.97. The van der Waals surface area contributed by atoms with Crippen LogP contribution in [0.15, 0.2) is 24.3 Å². The molecule has 2 N–H and O–H groups in total. The molecule has 6 nitrogen and oxygen atoms in total. The van der Waals surface area contributed by atoms with Crippen molar-refractivity contribution in [3.05, 3.63) is 24.3 Å². The van der Waals surface area contributed by atoms with Gasteiger partial charge in [0.15, 0.2) is 0 Å². The minimum atomic E-state index is -0.485. The molecule has 0 unspecified atom stereocenters. The van der Waals surface area contributed by atoms with E-state index in [-0.39, 0.29) is 17.7 Å². The number of piperidine rings is 1. The van der Waals surface area contributed by atoms with Gasteiger partial charge in [-0.2, -0.15) is 0 Å². The first-order valence-electron chi connectivity index (χ1n) is 8.14. The molecule has 0 saturated carbocycles. The Morgan fingerprint density at radius 2 is 2.22 bits per heavy atom. The molecule has 2 heterocycles. The molecule has 1 fully saturated rings. The highest BCUT2D eigenvalue weighted by Crippen LogP contribution is 2.21. The van der Waals surface area contributed by atoms with Crippen molar-refractivity contribution in [2.75, 3.05) is 5.32 Å². The zero-order chi connectivity index (χ0) is 16.4. The monoisotopic (exact) mass is 314 g/mol. The van der Waals surface area contributed by atoms with Gasteiger partial charge in [-0.05, 0) is 30.9 Å². The molecule has 1 saturated heterocycles. The van der Waals surface area contributed by atoms with E-state index < -0.39 is 6.04 Å². The lowest BCUT2D eigenvalue weighted by Gasteiger charge is -2.26. The molecule has 0 spiro atoms. The Morgan fingerprint density at radius 3 is 2.96 bits per heavy atom. The van der Waals surface area contributed by atoms with Gasteiger partial charge in [-0.1, -0.05) is 26.0 Å². The van der Waals surface area contributed by atoms with Crippen molar-refractivity contribution in [2.45, 2.75) is 45.7 Å². The number of imidazole rings is 1. The predicted molar refractivity (Wildman–Crippen MR) is 89.0 cm³/mol. The van der Waals surface area contributed by atoms with Gasteiger partial charge in [0.2, 0.25) is 17.8 Å². The van der Waals surface area contributed by atoms with Crippen molar-refractivity contribution < 1.29 is 9.59 Å². The van der Waals surface area contributed by atoms with Crippen LogP contribution in [0.4, 0.5) is 5.95 Å². The lowest BCUT2D eigenvalue weighted by atomic mass is 9.93. The zero-order valence-corrected chi connectivity index (χ0v) is 13.5. The first-order chi connectivity index (χ1) is 11.1. The minimum Gasteiger partial charge on any atom is -0.344 e. The van der Waals surface area contributed by atoms with Gasteiger partial charge in [0.25, 0.3) is 0 Å². The number of nitrogens with one attached hydrogen (secondary N) is 2. The number of aromatic nitrogens is 2. The molecule has 2 atom stereocenters. The van der Waals surface area contributed by atoms with Crippen molar-refractivity contribution in [2.24, 2.45) is 5.92 Å². The number of hydrogen-bond acceptors (Lipinski definition) is 3. The number of rotatable bonds is 4. The number of anilines is 1. The normalized spacial score (nSPS) is 21.2. The number of para-hydroxylation sites is 2. The third kappa shape index (κ3) is 3.21. The summed E-state index contributed by atoms with van der Waals surface area (Å²) in [5, 5.41) is 5.66. The fourth-order valence-electron chi connectivity index (χ4n) is 3.11. The van der Waals surface area contributed by atoms with Crippen molar-refractivity contribution in [1.82, 2.24) is 14.9 Å². The fourth-order valence-corrected chi connectivity index (χ4v) is 3.11. The third-order valence-electron chi connectivity index (χ3n) is 4.16. The average molecular weight is 314 g/mol. The summed E-state index contributed by atoms with van der Waals surface area (Å²) in [6, 6.07) is 7.34. The molecule has 1 aliphatic heterocycles. The quantitative estimate of drug-likeness (QED) is 0.909. The summed E-state index contributed by atoms with van der Waals surface area (Å²) in [7, 11) is 0. The van der Waals surface area contributed by atoms with E-state index in [0.29, 0.717) is 18.8 Å². The molecule has 1 aromatic heterocycles. The molecule has 23 heavy (non-hydrogen) atoms. The van der Waals surface area contributed by atoms with E-state index in [0.717, 1.165) is 24.0 Å². The Labute approximate surface area is 135 Å². The molecule has 3 rings (SSSR count). The highest BCUT2D eigenvalue weighted by Gasteiger charge is 2.29. The Bertz CT molecular complexity index is 737. The van der Waals surface area contributed by atoms with Gasteiger partial charge in [-0.15, -0.1) is 0 Å². The van der Waals surface area contributed by atoms with Crippen LogP contribution in [-0.4, -0.2) is 27.4 Å². The average Bonchev–Trinajstić information content (AvgIpc) is 2.84. The number of hydrogen-bond donors (Lipinski definition) is 2. The van der Waals surface area contributed by atoms with Crippen LogP contribution in [-0.2, 0) is 16.1 Å². The van der Waals surface area contributed by atoms with Gasteiger partial charge in [-0.3, -0.25) is 14.9 Å². The smallest absolute Gasteiger partial charge is 0.249 e. The molecule has 122 valence electrons. The summed E-state index contributed by atoms with van der Waals surface area (Å²) >= 11 is 0. The SMILES string of the molecule is CCCn1c(NC(=O)[C@@H]2C[C@H](C)CC(=O)N2)nc2ccccc21. The summed E-state index contributed by atoms with van der Waals surface area (Å²) in [5.41, 5.74) is 1.86. The summed E-state index contributed by atoms with van der Waals surface area (Å²) in [6.07, 6.45) is 2.09. The number of nitrogens with zero attached hydrogens (tertiary/aromatic N) is 2. The second-order valence-electron chi connectivity index (χ2n) is 6.23. The molecule has 2 aromatic rings. The number of amides is 2. The Hall–Kier alpha value is -2.37. The second kappa shape index (κ2) is 6.40. The van der Waals surface area contributed by atoms with Crippen molar-refractivity contribution in [3.8, 4) is 0 Å². The highest BCUT2D eigenvalue weighted by atomic mass is 16.2. The topological polar surface area (TPSA) is 76.0 Å². The lowest BCUT2D eigenvalue weighted by molar-refractivity contribution is -0.129. The van der Waals surface area contributed by atoms with E-state index in [2.05, 4.69) is 22.5 Å². The van der Waals surface area contributed by atoms with Crippen LogP contribution in [0, 0.1) is 5.92 Å².